The zero-order chi connectivity index (χ0) is 12.8. The maximum Gasteiger partial charge on any atom is 0.273 e. The van der Waals surface area contributed by atoms with E-state index in [2.05, 4.69) is 29.5 Å². The van der Waals surface area contributed by atoms with Crippen LogP contribution < -0.4 is 11.1 Å². The quantitative estimate of drug-likeness (QED) is 0.805. The van der Waals surface area contributed by atoms with Crippen LogP contribution >= 0.6 is 12.4 Å². The van der Waals surface area contributed by atoms with Gasteiger partial charge in [-0.1, -0.05) is 19.1 Å². The lowest BCUT2D eigenvalue weighted by molar-refractivity contribution is 0.0936. The highest BCUT2D eigenvalue weighted by Crippen LogP contribution is 2.02. The van der Waals surface area contributed by atoms with Crippen molar-refractivity contribution < 1.29 is 4.79 Å². The van der Waals surface area contributed by atoms with Crippen molar-refractivity contribution in [1.29, 1.82) is 0 Å². The molecule has 0 fully saturated rings. The fourth-order valence-electron chi connectivity index (χ4n) is 1.26. The summed E-state index contributed by atoms with van der Waals surface area (Å²) in [6.45, 7) is 7.33. The molecule has 0 spiro atoms. The summed E-state index contributed by atoms with van der Waals surface area (Å²) in [5, 5.41) is 10.5. The molecule has 6 nitrogen and oxygen atoms in total. The van der Waals surface area contributed by atoms with Gasteiger partial charge in [-0.25, -0.2) is 0 Å². The highest BCUT2D eigenvalue weighted by Gasteiger charge is 2.12. The van der Waals surface area contributed by atoms with Crippen LogP contribution in [0.2, 0.25) is 0 Å². The zero-order valence-electron chi connectivity index (χ0n) is 11.1. The average Bonchev–Trinajstić information content (AvgIpc) is 2.74. The maximum absolute atomic E-state index is 11.7. The van der Waals surface area contributed by atoms with Gasteiger partial charge in [-0.15, -0.1) is 17.5 Å². The molecule has 1 aromatic rings. The van der Waals surface area contributed by atoms with Crippen LogP contribution in [0.4, 0.5) is 0 Å². The molecule has 0 aromatic carbocycles. The van der Waals surface area contributed by atoms with Crippen LogP contribution in [0.5, 0.6) is 0 Å². The number of halogens is 1. The van der Waals surface area contributed by atoms with Gasteiger partial charge in [0.05, 0.1) is 6.20 Å². The molecule has 0 saturated carbocycles. The first-order valence-corrected chi connectivity index (χ1v) is 5.94. The summed E-state index contributed by atoms with van der Waals surface area (Å²) in [4.78, 5) is 11.7. The predicted molar refractivity (Wildman–Crippen MR) is 72.7 cm³/mol. The number of nitrogens with two attached hydrogens (primary N) is 1. The maximum atomic E-state index is 11.7. The van der Waals surface area contributed by atoms with Crippen molar-refractivity contribution in [3.8, 4) is 0 Å². The summed E-state index contributed by atoms with van der Waals surface area (Å²) in [7, 11) is 0. The second-order valence-electron chi connectivity index (χ2n) is 4.66. The first-order valence-electron chi connectivity index (χ1n) is 5.94. The third kappa shape index (κ3) is 5.46. The molecule has 0 radical (unpaired) electrons. The SMILES string of the molecule is CC(C)CCn1cc(C(=O)N[C@@H](C)CN)nn1.Cl. The number of aryl methyl sites for hydroxylation is 1. The van der Waals surface area contributed by atoms with Crippen LogP contribution in [0.15, 0.2) is 6.20 Å². The Kier molecular flexibility index (Phi) is 7.54. The number of nitrogens with one attached hydrogen (secondary N) is 1. The van der Waals surface area contributed by atoms with E-state index in [-0.39, 0.29) is 24.4 Å². The number of hydrogen-bond donors (Lipinski definition) is 2. The van der Waals surface area contributed by atoms with E-state index in [1.54, 1.807) is 10.9 Å². The molecule has 3 N–H and O–H groups in total. The molecule has 0 unspecified atom stereocenters. The van der Waals surface area contributed by atoms with Gasteiger partial charge in [-0.3, -0.25) is 9.48 Å². The minimum absolute atomic E-state index is 0. The van der Waals surface area contributed by atoms with Crippen LogP contribution in [-0.2, 0) is 6.54 Å². The topological polar surface area (TPSA) is 85.8 Å². The number of aromatic nitrogens is 3. The Labute approximate surface area is 114 Å². The molecule has 0 aliphatic rings. The second kappa shape index (κ2) is 8.05. The normalized spacial score (nSPS) is 12.1. The van der Waals surface area contributed by atoms with Gasteiger partial charge in [0, 0.05) is 19.1 Å². The van der Waals surface area contributed by atoms with Crippen molar-refractivity contribution in [2.75, 3.05) is 6.54 Å². The summed E-state index contributed by atoms with van der Waals surface area (Å²) in [5.41, 5.74) is 5.77. The van der Waals surface area contributed by atoms with Crippen molar-refractivity contribution >= 4 is 18.3 Å². The highest BCUT2D eigenvalue weighted by molar-refractivity contribution is 5.92. The molecule has 0 bridgehead atoms. The standard InChI is InChI=1S/C11H21N5O.ClH/c1-8(2)4-5-16-7-10(14-15-16)11(17)13-9(3)6-12;/h7-9H,4-6,12H2,1-3H3,(H,13,17);1H/t9-;/m0./s1. The fraction of sp³-hybridized carbons (Fsp3) is 0.727. The molecule has 1 atom stereocenters. The average molecular weight is 276 g/mol. The Hall–Kier alpha value is -1.14. The van der Waals surface area contributed by atoms with Crippen LogP contribution in [0, 0.1) is 5.92 Å². The van der Waals surface area contributed by atoms with Crippen molar-refractivity contribution in [2.24, 2.45) is 11.7 Å². The number of amides is 1. The van der Waals surface area contributed by atoms with Gasteiger partial charge in [0.2, 0.25) is 0 Å². The molecular formula is C11H22ClN5O. The smallest absolute Gasteiger partial charge is 0.273 e. The number of hydrogen-bond acceptors (Lipinski definition) is 4. The van der Waals surface area contributed by atoms with Gasteiger partial charge in [0.25, 0.3) is 5.91 Å². The van der Waals surface area contributed by atoms with Crippen LogP contribution in [0.25, 0.3) is 0 Å². The van der Waals surface area contributed by atoms with Gasteiger partial charge in [0.1, 0.15) is 0 Å². The molecule has 0 aliphatic carbocycles. The van der Waals surface area contributed by atoms with E-state index >= 15 is 0 Å². The minimum Gasteiger partial charge on any atom is -0.347 e. The largest absolute Gasteiger partial charge is 0.347 e. The van der Waals surface area contributed by atoms with E-state index in [1.165, 1.54) is 0 Å². The van der Waals surface area contributed by atoms with E-state index in [0.717, 1.165) is 13.0 Å². The number of carbonyl (C=O) groups excluding carboxylic acids is 1. The van der Waals surface area contributed by atoms with Crippen molar-refractivity contribution in [2.45, 2.75) is 39.8 Å². The molecule has 18 heavy (non-hydrogen) atoms. The fourth-order valence-corrected chi connectivity index (χ4v) is 1.26. The van der Waals surface area contributed by atoms with Crippen LogP contribution in [0.3, 0.4) is 0 Å². The summed E-state index contributed by atoms with van der Waals surface area (Å²) in [5.74, 6) is 0.382. The minimum atomic E-state index is -0.223. The van der Waals surface area contributed by atoms with Crippen molar-refractivity contribution in [1.82, 2.24) is 20.3 Å². The van der Waals surface area contributed by atoms with Crippen molar-refractivity contribution in [3.63, 3.8) is 0 Å². The Morgan fingerprint density at radius 2 is 2.17 bits per heavy atom. The van der Waals surface area contributed by atoms with E-state index in [9.17, 15) is 4.79 Å². The third-order valence-electron chi connectivity index (χ3n) is 2.44. The molecule has 1 heterocycles. The molecule has 7 heteroatoms. The summed E-state index contributed by atoms with van der Waals surface area (Å²) >= 11 is 0. The first kappa shape index (κ1) is 16.9. The molecular weight excluding hydrogens is 254 g/mol. The number of carbonyl (C=O) groups is 1. The Balaban J connectivity index is 0.00000289. The first-order chi connectivity index (χ1) is 8.02. The summed E-state index contributed by atoms with van der Waals surface area (Å²) < 4.78 is 1.70. The molecule has 0 saturated heterocycles. The molecule has 1 rings (SSSR count). The predicted octanol–water partition coefficient (Wildman–Crippen LogP) is 0.823. The zero-order valence-corrected chi connectivity index (χ0v) is 11.9. The lowest BCUT2D eigenvalue weighted by atomic mass is 10.1. The van der Waals surface area contributed by atoms with E-state index in [1.807, 2.05) is 6.92 Å². The van der Waals surface area contributed by atoms with E-state index in [4.69, 9.17) is 5.73 Å². The van der Waals surface area contributed by atoms with E-state index in [0.29, 0.717) is 18.2 Å². The van der Waals surface area contributed by atoms with Gasteiger partial charge < -0.3 is 11.1 Å². The second-order valence-corrected chi connectivity index (χ2v) is 4.66. The van der Waals surface area contributed by atoms with Crippen LogP contribution in [0.1, 0.15) is 37.7 Å². The Bertz CT molecular complexity index is 366. The Morgan fingerprint density at radius 3 is 2.72 bits per heavy atom. The third-order valence-corrected chi connectivity index (χ3v) is 2.44. The van der Waals surface area contributed by atoms with Crippen LogP contribution in [-0.4, -0.2) is 33.5 Å². The van der Waals surface area contributed by atoms with Gasteiger partial charge >= 0.3 is 0 Å². The summed E-state index contributed by atoms with van der Waals surface area (Å²) in [6.07, 6.45) is 2.69. The van der Waals surface area contributed by atoms with Gasteiger partial charge in [-0.2, -0.15) is 0 Å². The lowest BCUT2D eigenvalue weighted by Crippen LogP contribution is -2.37. The van der Waals surface area contributed by atoms with Gasteiger partial charge in [0.15, 0.2) is 5.69 Å². The number of nitrogens with zero attached hydrogens (tertiary/aromatic N) is 3. The highest BCUT2D eigenvalue weighted by atomic mass is 35.5. The summed E-state index contributed by atoms with van der Waals surface area (Å²) in [6, 6.07) is -0.0525. The van der Waals surface area contributed by atoms with Crippen molar-refractivity contribution in [3.05, 3.63) is 11.9 Å². The number of rotatable bonds is 6. The Morgan fingerprint density at radius 1 is 1.50 bits per heavy atom. The molecule has 1 amide bonds. The molecule has 104 valence electrons. The molecule has 1 aromatic heterocycles. The molecule has 0 aliphatic heterocycles. The lowest BCUT2D eigenvalue weighted by Gasteiger charge is -2.08. The van der Waals surface area contributed by atoms with Gasteiger partial charge in [-0.05, 0) is 19.3 Å². The monoisotopic (exact) mass is 275 g/mol. The van der Waals surface area contributed by atoms with E-state index < -0.39 is 0 Å².